The summed E-state index contributed by atoms with van der Waals surface area (Å²) < 4.78 is 37.5. The van der Waals surface area contributed by atoms with Gasteiger partial charge < -0.3 is 14.8 Å². The van der Waals surface area contributed by atoms with E-state index in [0.717, 1.165) is 6.07 Å². The van der Waals surface area contributed by atoms with E-state index in [1.807, 2.05) is 6.07 Å². The number of carbonyl (C=O) groups is 1. The molecular formula is C17H15F2IN2O3. The second-order valence-corrected chi connectivity index (χ2v) is 6.37. The summed E-state index contributed by atoms with van der Waals surface area (Å²) in [6.07, 6.45) is 0. The molecule has 0 aromatic heterocycles. The molecule has 1 unspecified atom stereocenters. The van der Waals surface area contributed by atoms with E-state index in [1.54, 1.807) is 29.5 Å². The standard InChI is InChI=1S/C17H15F2IN2O3/c1-8-10(6-21)13(9-4-5-11(18)15(19)16(9)20)14(17(23)25-3)12(22-8)7-24-2/h4-5,13,22H,7H2,1-3H3. The van der Waals surface area contributed by atoms with Crippen molar-refractivity contribution >= 4 is 28.6 Å². The Balaban J connectivity index is 2.79. The predicted molar refractivity (Wildman–Crippen MR) is 94.2 cm³/mol. The lowest BCUT2D eigenvalue weighted by Gasteiger charge is -2.30. The highest BCUT2D eigenvalue weighted by atomic mass is 127. The van der Waals surface area contributed by atoms with Crippen molar-refractivity contribution < 1.29 is 23.0 Å². The molecule has 8 heteroatoms. The average molecular weight is 460 g/mol. The van der Waals surface area contributed by atoms with E-state index in [-0.39, 0.29) is 21.3 Å². The van der Waals surface area contributed by atoms with E-state index in [0.29, 0.717) is 17.0 Å². The molecule has 5 nitrogen and oxygen atoms in total. The van der Waals surface area contributed by atoms with Gasteiger partial charge >= 0.3 is 5.97 Å². The smallest absolute Gasteiger partial charge is 0.336 e. The van der Waals surface area contributed by atoms with Crippen LogP contribution in [0.2, 0.25) is 0 Å². The van der Waals surface area contributed by atoms with Gasteiger partial charge in [0, 0.05) is 12.8 Å². The fraction of sp³-hybridized carbons (Fsp3) is 0.294. The highest BCUT2D eigenvalue weighted by Crippen LogP contribution is 2.40. The number of methoxy groups -OCH3 is 2. The fourth-order valence-corrected chi connectivity index (χ4v) is 3.48. The number of rotatable bonds is 4. The van der Waals surface area contributed by atoms with Gasteiger partial charge in [-0.3, -0.25) is 0 Å². The van der Waals surface area contributed by atoms with Crippen molar-refractivity contribution in [1.82, 2.24) is 5.32 Å². The topological polar surface area (TPSA) is 71.3 Å². The number of ether oxygens (including phenoxy) is 2. The van der Waals surface area contributed by atoms with Gasteiger partial charge in [0.1, 0.15) is 0 Å². The minimum atomic E-state index is -1.02. The number of halogens is 3. The number of esters is 1. The van der Waals surface area contributed by atoms with Crippen molar-refractivity contribution in [1.29, 1.82) is 5.26 Å². The molecule has 0 amide bonds. The highest BCUT2D eigenvalue weighted by molar-refractivity contribution is 14.1. The lowest BCUT2D eigenvalue weighted by atomic mass is 9.81. The third-order valence-electron chi connectivity index (χ3n) is 3.84. The number of hydrogen-bond acceptors (Lipinski definition) is 5. The summed E-state index contributed by atoms with van der Waals surface area (Å²) in [6, 6.07) is 4.40. The first-order valence-electron chi connectivity index (χ1n) is 7.18. The number of benzene rings is 1. The quantitative estimate of drug-likeness (QED) is 0.425. The fourth-order valence-electron chi connectivity index (χ4n) is 2.73. The first-order valence-corrected chi connectivity index (χ1v) is 8.26. The third kappa shape index (κ3) is 3.52. The van der Waals surface area contributed by atoms with Crippen molar-refractivity contribution in [3.63, 3.8) is 0 Å². The lowest BCUT2D eigenvalue weighted by Crippen LogP contribution is -2.31. The molecule has 0 fully saturated rings. The van der Waals surface area contributed by atoms with Crippen molar-refractivity contribution in [2.45, 2.75) is 12.8 Å². The van der Waals surface area contributed by atoms with Crippen LogP contribution in [0.3, 0.4) is 0 Å². The maximum Gasteiger partial charge on any atom is 0.336 e. The second-order valence-electron chi connectivity index (χ2n) is 5.29. The van der Waals surface area contributed by atoms with Crippen LogP contribution in [-0.2, 0) is 14.3 Å². The van der Waals surface area contributed by atoms with Crippen LogP contribution in [0.5, 0.6) is 0 Å². The number of hydrogen-bond donors (Lipinski definition) is 1. The monoisotopic (exact) mass is 460 g/mol. The predicted octanol–water partition coefficient (Wildman–Crippen LogP) is 3.13. The molecule has 0 saturated carbocycles. The largest absolute Gasteiger partial charge is 0.466 e. The van der Waals surface area contributed by atoms with Gasteiger partial charge in [0.25, 0.3) is 0 Å². The van der Waals surface area contributed by atoms with E-state index in [2.05, 4.69) is 5.32 Å². The molecule has 1 aliphatic rings. The van der Waals surface area contributed by atoms with E-state index in [4.69, 9.17) is 9.47 Å². The SMILES string of the molecule is COCC1=C(C(=O)OC)C(c2ccc(F)c(F)c2I)C(C#N)=C(C)N1. The van der Waals surface area contributed by atoms with Crippen LogP contribution in [0.25, 0.3) is 0 Å². The Hall–Kier alpha value is -1.99. The normalized spacial score (nSPS) is 17.2. The molecule has 0 saturated heterocycles. The number of nitrogens with zero attached hydrogens (tertiary/aromatic N) is 1. The van der Waals surface area contributed by atoms with E-state index >= 15 is 0 Å². The Morgan fingerprint density at radius 3 is 2.64 bits per heavy atom. The first-order chi connectivity index (χ1) is 11.9. The van der Waals surface area contributed by atoms with Gasteiger partial charge in [0.2, 0.25) is 0 Å². The molecule has 1 N–H and O–H groups in total. The van der Waals surface area contributed by atoms with Crippen LogP contribution in [0, 0.1) is 26.5 Å². The molecule has 25 heavy (non-hydrogen) atoms. The third-order valence-corrected chi connectivity index (χ3v) is 4.93. The zero-order valence-corrected chi connectivity index (χ0v) is 15.9. The molecule has 0 aliphatic carbocycles. The summed E-state index contributed by atoms with van der Waals surface area (Å²) in [5.41, 5.74) is 1.59. The van der Waals surface area contributed by atoms with Crippen LogP contribution in [0.4, 0.5) is 8.78 Å². The Bertz CT molecular complexity index is 828. The summed E-state index contributed by atoms with van der Waals surface area (Å²) in [4.78, 5) is 12.4. The van der Waals surface area contributed by atoms with E-state index < -0.39 is 23.5 Å². The van der Waals surface area contributed by atoms with E-state index in [1.165, 1.54) is 20.3 Å². The van der Waals surface area contributed by atoms with Crippen LogP contribution in [0.15, 0.2) is 34.7 Å². The van der Waals surface area contributed by atoms with Crippen molar-refractivity contribution in [3.8, 4) is 6.07 Å². The van der Waals surface area contributed by atoms with Gasteiger partial charge in [0.05, 0.1) is 46.1 Å². The highest BCUT2D eigenvalue weighted by Gasteiger charge is 2.37. The summed E-state index contributed by atoms with van der Waals surface area (Å²) in [5, 5.41) is 12.5. The van der Waals surface area contributed by atoms with Crippen molar-refractivity contribution in [3.05, 3.63) is 55.4 Å². The summed E-state index contributed by atoms with van der Waals surface area (Å²) in [7, 11) is 2.67. The molecule has 1 aromatic carbocycles. The van der Waals surface area contributed by atoms with Gasteiger partial charge in [-0.15, -0.1) is 0 Å². The number of dihydropyridines is 1. The molecule has 132 valence electrons. The summed E-state index contributed by atoms with van der Waals surface area (Å²) in [5.74, 6) is -3.58. The van der Waals surface area contributed by atoms with Crippen LogP contribution in [-0.4, -0.2) is 26.8 Å². The molecule has 0 radical (unpaired) electrons. The lowest BCUT2D eigenvalue weighted by molar-refractivity contribution is -0.136. The molecule has 0 spiro atoms. The average Bonchev–Trinajstić information content (AvgIpc) is 2.59. The molecule has 1 atom stereocenters. The Kier molecular flexibility index (Phi) is 6.13. The van der Waals surface area contributed by atoms with Gasteiger partial charge in [-0.1, -0.05) is 6.07 Å². The Labute approximate surface area is 157 Å². The van der Waals surface area contributed by atoms with Crippen molar-refractivity contribution in [2.75, 3.05) is 20.8 Å². The van der Waals surface area contributed by atoms with Gasteiger partial charge in [-0.2, -0.15) is 5.26 Å². The number of nitriles is 1. The van der Waals surface area contributed by atoms with Crippen molar-refractivity contribution in [2.24, 2.45) is 0 Å². The maximum absolute atomic E-state index is 14.1. The Morgan fingerprint density at radius 2 is 2.08 bits per heavy atom. The minimum absolute atomic E-state index is 0.00298. The minimum Gasteiger partial charge on any atom is -0.466 e. The van der Waals surface area contributed by atoms with Gasteiger partial charge in [0.15, 0.2) is 11.6 Å². The Morgan fingerprint density at radius 1 is 1.40 bits per heavy atom. The van der Waals surface area contributed by atoms with E-state index in [9.17, 15) is 18.8 Å². The molecule has 1 heterocycles. The zero-order chi connectivity index (χ0) is 18.7. The van der Waals surface area contributed by atoms with Gasteiger partial charge in [-0.25, -0.2) is 13.6 Å². The molecule has 1 aromatic rings. The molecule has 2 rings (SSSR count). The summed E-state index contributed by atoms with van der Waals surface area (Å²) in [6.45, 7) is 1.74. The van der Waals surface area contributed by atoms with Crippen LogP contribution in [0.1, 0.15) is 18.4 Å². The van der Waals surface area contributed by atoms with Crippen LogP contribution >= 0.6 is 22.6 Å². The first kappa shape index (κ1) is 19.3. The number of allylic oxidation sites excluding steroid dienone is 2. The maximum atomic E-state index is 14.1. The molecule has 0 bridgehead atoms. The van der Waals surface area contributed by atoms with Crippen LogP contribution < -0.4 is 5.32 Å². The van der Waals surface area contributed by atoms with Gasteiger partial charge in [-0.05, 0) is 41.1 Å². The molecule has 1 aliphatic heterocycles. The number of carbonyl (C=O) groups excluding carboxylic acids is 1. The second kappa shape index (κ2) is 7.93. The summed E-state index contributed by atoms with van der Waals surface area (Å²) >= 11 is 1.67. The number of nitrogens with one attached hydrogen (secondary N) is 1. The zero-order valence-electron chi connectivity index (χ0n) is 13.7. The molecular weight excluding hydrogens is 445 g/mol.